The summed E-state index contributed by atoms with van der Waals surface area (Å²) < 4.78 is 24.6. The van der Waals surface area contributed by atoms with Gasteiger partial charge in [0.1, 0.15) is 5.82 Å². The molecule has 0 saturated carbocycles. The van der Waals surface area contributed by atoms with E-state index in [1.54, 1.807) is 6.07 Å². The Hall–Kier alpha value is -1.53. The fourth-order valence-electron chi connectivity index (χ4n) is 2.39. The minimum absolute atomic E-state index is 0.0860. The fraction of sp³-hybridized carbons (Fsp3) is 0.200. The fourth-order valence-corrected chi connectivity index (χ4v) is 2.80. The van der Waals surface area contributed by atoms with E-state index in [1.807, 2.05) is 20.8 Å². The maximum Gasteiger partial charge on any atom is 0.192 e. The van der Waals surface area contributed by atoms with Crippen LogP contribution in [-0.4, -0.2) is 0 Å². The van der Waals surface area contributed by atoms with Gasteiger partial charge in [0, 0.05) is 5.56 Å². The van der Waals surface area contributed by atoms with Crippen molar-refractivity contribution in [2.45, 2.75) is 20.8 Å². The smallest absolute Gasteiger partial charge is 0.192 e. The number of halogens is 1. The molecule has 0 N–H and O–H groups in total. The molecular weight excluding hydrogens is 246 g/mol. The molecule has 0 aliphatic rings. The topological polar surface area (TPSA) is 17.1 Å². The average Bonchev–Trinajstić information content (AvgIpc) is 2.28. The summed E-state index contributed by atoms with van der Waals surface area (Å²) in [6, 6.07) is 8.46. The van der Waals surface area contributed by atoms with Gasteiger partial charge in [-0.3, -0.25) is 4.57 Å². The highest BCUT2D eigenvalue weighted by molar-refractivity contribution is 7.34. The summed E-state index contributed by atoms with van der Waals surface area (Å²) >= 11 is 0. The molecule has 0 spiro atoms. The van der Waals surface area contributed by atoms with Gasteiger partial charge in [-0.05, 0) is 55.7 Å². The first-order valence-electron chi connectivity index (χ1n) is 5.74. The molecule has 0 radical (unpaired) electrons. The Labute approximate surface area is 108 Å². The second-order valence-electron chi connectivity index (χ2n) is 4.53. The monoisotopic (exact) mass is 260 g/mol. The predicted octanol–water partition coefficient (Wildman–Crippen LogP) is 4.33. The summed E-state index contributed by atoms with van der Waals surface area (Å²) in [4.78, 5) is 0. The number of hydrogen-bond donors (Lipinski definition) is 0. The van der Waals surface area contributed by atoms with E-state index in [0.29, 0.717) is 10.9 Å². The van der Waals surface area contributed by atoms with Crippen LogP contribution >= 0.6 is 8.46 Å². The van der Waals surface area contributed by atoms with Crippen molar-refractivity contribution in [3.8, 4) is 11.1 Å². The van der Waals surface area contributed by atoms with Crippen LogP contribution in [0.2, 0.25) is 0 Å². The molecule has 0 heterocycles. The Kier molecular flexibility index (Phi) is 3.58. The third-order valence-corrected chi connectivity index (χ3v) is 3.59. The lowest BCUT2D eigenvalue weighted by molar-refractivity contribution is 0.603. The quantitative estimate of drug-likeness (QED) is 0.734. The van der Waals surface area contributed by atoms with Gasteiger partial charge in [-0.2, -0.15) is 0 Å². The molecule has 0 unspecified atom stereocenters. The zero-order chi connectivity index (χ0) is 13.3. The second-order valence-corrected chi connectivity index (χ2v) is 5.19. The van der Waals surface area contributed by atoms with Crippen LogP contribution in [0.15, 0.2) is 30.3 Å². The Balaban J connectivity index is 2.76. The molecule has 2 aromatic carbocycles. The normalized spacial score (nSPS) is 10.9. The minimum atomic E-state index is -0.309. The molecule has 0 atom stereocenters. The molecule has 18 heavy (non-hydrogen) atoms. The summed E-state index contributed by atoms with van der Waals surface area (Å²) in [5.41, 5.74) is 5.00. The number of hydrogen-bond acceptors (Lipinski definition) is 1. The Morgan fingerprint density at radius 2 is 1.61 bits per heavy atom. The summed E-state index contributed by atoms with van der Waals surface area (Å²) in [5.74, 6) is -0.309. The summed E-state index contributed by atoms with van der Waals surface area (Å²) in [5, 5.41) is 0.617. The largest absolute Gasteiger partial charge is 0.269 e. The van der Waals surface area contributed by atoms with Gasteiger partial charge < -0.3 is 0 Å². The van der Waals surface area contributed by atoms with Crippen LogP contribution in [0.4, 0.5) is 4.39 Å². The van der Waals surface area contributed by atoms with Gasteiger partial charge in [0.15, 0.2) is 8.46 Å². The lowest BCUT2D eigenvalue weighted by Crippen LogP contribution is -2.02. The van der Waals surface area contributed by atoms with Crippen molar-refractivity contribution >= 4 is 13.8 Å². The van der Waals surface area contributed by atoms with Gasteiger partial charge in [0.25, 0.3) is 0 Å². The molecule has 0 amide bonds. The molecule has 92 valence electrons. The lowest BCUT2D eigenvalue weighted by Gasteiger charge is -2.13. The molecule has 1 nitrogen and oxygen atoms in total. The highest BCUT2D eigenvalue weighted by Crippen LogP contribution is 2.29. The second kappa shape index (κ2) is 4.99. The standard InChI is InChI=1S/C15H14FOP/c1-9-6-10(2)15(11(3)7-9)13-8-12(16)4-5-14(13)18-17/h4-8H,1-3H3. The molecule has 0 bridgehead atoms. The van der Waals surface area contributed by atoms with E-state index < -0.39 is 0 Å². The van der Waals surface area contributed by atoms with Gasteiger partial charge in [0.05, 0.1) is 5.30 Å². The summed E-state index contributed by atoms with van der Waals surface area (Å²) in [6.45, 7) is 6.01. The van der Waals surface area contributed by atoms with Crippen molar-refractivity contribution in [2.75, 3.05) is 0 Å². The van der Waals surface area contributed by atoms with E-state index >= 15 is 0 Å². The highest BCUT2D eigenvalue weighted by atomic mass is 31.1. The van der Waals surface area contributed by atoms with Crippen LogP contribution in [0, 0.1) is 26.6 Å². The minimum Gasteiger partial charge on any atom is -0.269 e. The molecule has 0 saturated heterocycles. The van der Waals surface area contributed by atoms with Crippen LogP contribution in [0.1, 0.15) is 16.7 Å². The highest BCUT2D eigenvalue weighted by Gasteiger charge is 2.12. The third kappa shape index (κ3) is 2.34. The molecule has 2 aromatic rings. The van der Waals surface area contributed by atoms with Crippen LogP contribution in [0.3, 0.4) is 0 Å². The molecule has 0 aliphatic heterocycles. The average molecular weight is 260 g/mol. The first kappa shape index (κ1) is 12.9. The van der Waals surface area contributed by atoms with Crippen molar-refractivity contribution < 1.29 is 8.96 Å². The first-order chi connectivity index (χ1) is 8.52. The predicted molar refractivity (Wildman–Crippen MR) is 73.3 cm³/mol. The van der Waals surface area contributed by atoms with Crippen LogP contribution < -0.4 is 5.30 Å². The van der Waals surface area contributed by atoms with Crippen molar-refractivity contribution in [1.82, 2.24) is 0 Å². The Morgan fingerprint density at radius 1 is 1.00 bits per heavy atom. The van der Waals surface area contributed by atoms with Gasteiger partial charge >= 0.3 is 0 Å². The zero-order valence-corrected chi connectivity index (χ0v) is 11.5. The van der Waals surface area contributed by atoms with Crippen LogP contribution in [-0.2, 0) is 4.57 Å². The van der Waals surface area contributed by atoms with Gasteiger partial charge in [-0.15, -0.1) is 0 Å². The van der Waals surface area contributed by atoms with Crippen molar-refractivity contribution in [3.05, 3.63) is 52.8 Å². The number of aryl methyl sites for hydroxylation is 3. The zero-order valence-electron chi connectivity index (χ0n) is 10.6. The number of benzene rings is 2. The summed E-state index contributed by atoms with van der Waals surface area (Å²) in [7, 11) is -0.0860. The number of rotatable bonds is 2. The molecular formula is C15H14FOP. The first-order valence-corrected chi connectivity index (χ1v) is 6.55. The van der Waals surface area contributed by atoms with Crippen molar-refractivity contribution in [1.29, 1.82) is 0 Å². The Morgan fingerprint density at radius 3 is 2.17 bits per heavy atom. The van der Waals surface area contributed by atoms with Gasteiger partial charge in [-0.25, -0.2) is 4.39 Å². The SMILES string of the molecule is Cc1cc(C)c(-c2cc(F)ccc2P=O)c(C)c1. The lowest BCUT2D eigenvalue weighted by atomic mass is 9.94. The maximum atomic E-state index is 13.4. The third-order valence-electron chi connectivity index (χ3n) is 3.00. The maximum absolute atomic E-state index is 13.4. The molecule has 2 rings (SSSR count). The van der Waals surface area contributed by atoms with Gasteiger partial charge in [0.2, 0.25) is 0 Å². The van der Waals surface area contributed by atoms with E-state index in [2.05, 4.69) is 12.1 Å². The van der Waals surface area contributed by atoms with Crippen molar-refractivity contribution in [2.24, 2.45) is 0 Å². The van der Waals surface area contributed by atoms with Crippen LogP contribution in [0.25, 0.3) is 11.1 Å². The van der Waals surface area contributed by atoms with E-state index in [0.717, 1.165) is 16.7 Å². The van der Waals surface area contributed by atoms with E-state index in [-0.39, 0.29) is 14.3 Å². The van der Waals surface area contributed by atoms with Crippen LogP contribution in [0.5, 0.6) is 0 Å². The molecule has 3 heteroatoms. The molecule has 0 aromatic heterocycles. The van der Waals surface area contributed by atoms with E-state index in [4.69, 9.17) is 0 Å². The molecule has 0 aliphatic carbocycles. The van der Waals surface area contributed by atoms with E-state index in [1.165, 1.54) is 17.7 Å². The molecule has 0 fully saturated rings. The summed E-state index contributed by atoms with van der Waals surface area (Å²) in [6.07, 6.45) is 0. The van der Waals surface area contributed by atoms with Crippen molar-refractivity contribution in [3.63, 3.8) is 0 Å². The van der Waals surface area contributed by atoms with E-state index in [9.17, 15) is 8.96 Å². The Bertz CT molecular complexity index is 597. The van der Waals surface area contributed by atoms with Gasteiger partial charge in [-0.1, -0.05) is 17.7 Å².